The molecule has 0 aliphatic heterocycles. The number of hydrogen-bond donors (Lipinski definition) is 2. The zero-order chi connectivity index (χ0) is 7.72. The first-order chi connectivity index (χ1) is 4.63. The topological polar surface area (TPSA) is 57.9 Å². The second-order valence-corrected chi connectivity index (χ2v) is 2.55. The van der Waals surface area contributed by atoms with Crippen LogP contribution in [-0.4, -0.2) is 24.3 Å². The number of nitrogens with one attached hydrogen (secondary N) is 1. The summed E-state index contributed by atoms with van der Waals surface area (Å²) in [5.41, 5.74) is 5.40. The molecule has 56 valence electrons. The van der Waals surface area contributed by atoms with E-state index in [0.717, 1.165) is 0 Å². The number of anilines is 2. The highest BCUT2D eigenvalue weighted by Crippen LogP contribution is 2.25. The number of halogens is 1. The molecule has 0 atom stereocenters. The highest BCUT2D eigenvalue weighted by atomic mass is 35.5. The van der Waals surface area contributed by atoms with Crippen LogP contribution in [0.5, 0.6) is 0 Å². The van der Waals surface area contributed by atoms with Gasteiger partial charge in [0.25, 0.3) is 0 Å². The fourth-order valence-corrected chi connectivity index (χ4v) is 0.882. The van der Waals surface area contributed by atoms with Crippen molar-refractivity contribution in [3.8, 4) is 0 Å². The van der Waals surface area contributed by atoms with Crippen LogP contribution >= 0.6 is 11.6 Å². The van der Waals surface area contributed by atoms with E-state index in [0.29, 0.717) is 16.7 Å². The maximum Gasteiger partial charge on any atom is 0.170 e. The summed E-state index contributed by atoms with van der Waals surface area (Å²) in [7, 11) is 3.70. The van der Waals surface area contributed by atoms with Gasteiger partial charge in [-0.15, -0.1) is 0 Å². The van der Waals surface area contributed by atoms with E-state index in [2.05, 4.69) is 10.2 Å². The molecule has 4 nitrogen and oxygen atoms in total. The zero-order valence-electron chi connectivity index (χ0n) is 5.85. The van der Waals surface area contributed by atoms with Gasteiger partial charge in [0, 0.05) is 14.1 Å². The molecule has 1 aromatic rings. The van der Waals surface area contributed by atoms with Crippen LogP contribution in [0, 0.1) is 0 Å². The second-order valence-electron chi connectivity index (χ2n) is 2.17. The summed E-state index contributed by atoms with van der Waals surface area (Å²) in [6.45, 7) is 0. The minimum absolute atomic E-state index is 0.408. The average Bonchev–Trinajstić information content (AvgIpc) is 2.14. The molecule has 0 aromatic carbocycles. The number of aromatic amines is 1. The monoisotopic (exact) mass is 160 g/mol. The molecule has 1 aromatic heterocycles. The Morgan fingerprint density at radius 1 is 1.60 bits per heavy atom. The third-order valence-corrected chi connectivity index (χ3v) is 1.51. The van der Waals surface area contributed by atoms with E-state index in [1.54, 1.807) is 4.90 Å². The van der Waals surface area contributed by atoms with Gasteiger partial charge in [0.05, 0.1) is 0 Å². The fraction of sp³-hybridized carbons (Fsp3) is 0.400. The zero-order valence-corrected chi connectivity index (χ0v) is 6.61. The van der Waals surface area contributed by atoms with Crippen molar-refractivity contribution in [2.75, 3.05) is 24.7 Å². The van der Waals surface area contributed by atoms with Crippen LogP contribution in [0.3, 0.4) is 0 Å². The van der Waals surface area contributed by atoms with Crippen molar-refractivity contribution in [1.29, 1.82) is 0 Å². The minimum atomic E-state index is 0.408. The number of nitrogens with zero attached hydrogens (tertiary/aromatic N) is 2. The lowest BCUT2D eigenvalue weighted by atomic mass is 10.5. The predicted molar refractivity (Wildman–Crippen MR) is 42.3 cm³/mol. The first-order valence-corrected chi connectivity index (χ1v) is 3.17. The molecule has 0 amide bonds. The van der Waals surface area contributed by atoms with E-state index in [-0.39, 0.29) is 0 Å². The van der Waals surface area contributed by atoms with E-state index in [1.807, 2.05) is 14.1 Å². The maximum absolute atomic E-state index is 5.74. The summed E-state index contributed by atoms with van der Waals surface area (Å²) in [4.78, 5) is 1.79. The number of rotatable bonds is 1. The molecule has 0 aliphatic rings. The molecule has 0 fully saturated rings. The summed E-state index contributed by atoms with van der Waals surface area (Å²) in [5.74, 6) is 1.07. The summed E-state index contributed by atoms with van der Waals surface area (Å²) in [6.07, 6.45) is 0. The summed E-state index contributed by atoms with van der Waals surface area (Å²) >= 11 is 5.74. The van der Waals surface area contributed by atoms with Gasteiger partial charge in [-0.3, -0.25) is 5.10 Å². The summed E-state index contributed by atoms with van der Waals surface area (Å²) < 4.78 is 0. The quantitative estimate of drug-likeness (QED) is 0.636. The van der Waals surface area contributed by atoms with Crippen LogP contribution in [0.2, 0.25) is 5.02 Å². The van der Waals surface area contributed by atoms with Gasteiger partial charge in [-0.05, 0) is 0 Å². The Kier molecular flexibility index (Phi) is 1.72. The second kappa shape index (κ2) is 2.38. The fourth-order valence-electron chi connectivity index (χ4n) is 0.628. The summed E-state index contributed by atoms with van der Waals surface area (Å²) in [6, 6.07) is 0. The lowest BCUT2D eigenvalue weighted by Crippen LogP contribution is -2.09. The Bertz CT molecular complexity index is 230. The molecule has 3 N–H and O–H groups in total. The van der Waals surface area contributed by atoms with Crippen LogP contribution in [0.1, 0.15) is 0 Å². The Labute approximate surface area is 64.0 Å². The van der Waals surface area contributed by atoms with Crippen LogP contribution in [0.15, 0.2) is 0 Å². The van der Waals surface area contributed by atoms with Gasteiger partial charge < -0.3 is 10.6 Å². The van der Waals surface area contributed by atoms with Crippen molar-refractivity contribution in [3.63, 3.8) is 0 Å². The standard InChI is InChI=1S/C5H9ClN4/c1-10(2)5-3(6)4(7)8-9-5/h1-2H3,(H3,7,8,9). The first kappa shape index (κ1) is 7.21. The highest BCUT2D eigenvalue weighted by molar-refractivity contribution is 6.35. The molecular formula is C5H9ClN4. The van der Waals surface area contributed by atoms with E-state index < -0.39 is 0 Å². The van der Waals surface area contributed by atoms with Gasteiger partial charge in [-0.2, -0.15) is 5.10 Å². The molecule has 0 radical (unpaired) electrons. The Morgan fingerprint density at radius 2 is 2.20 bits per heavy atom. The predicted octanol–water partition coefficient (Wildman–Crippen LogP) is 0.711. The number of aromatic nitrogens is 2. The van der Waals surface area contributed by atoms with Crippen LogP contribution in [-0.2, 0) is 0 Å². The minimum Gasteiger partial charge on any atom is -0.383 e. The molecule has 5 heteroatoms. The van der Waals surface area contributed by atoms with Gasteiger partial charge in [-0.1, -0.05) is 11.6 Å². The van der Waals surface area contributed by atoms with Gasteiger partial charge in [0.1, 0.15) is 10.8 Å². The highest BCUT2D eigenvalue weighted by Gasteiger charge is 2.08. The first-order valence-electron chi connectivity index (χ1n) is 2.79. The van der Waals surface area contributed by atoms with Crippen molar-refractivity contribution in [1.82, 2.24) is 10.2 Å². The molecule has 1 rings (SSSR count). The molecule has 0 spiro atoms. The van der Waals surface area contributed by atoms with E-state index in [9.17, 15) is 0 Å². The number of H-pyrrole nitrogens is 1. The lowest BCUT2D eigenvalue weighted by molar-refractivity contribution is 1.02. The van der Waals surface area contributed by atoms with E-state index in [1.165, 1.54) is 0 Å². The van der Waals surface area contributed by atoms with Crippen molar-refractivity contribution in [3.05, 3.63) is 5.02 Å². The number of nitrogen functional groups attached to an aromatic ring is 1. The molecule has 0 bridgehead atoms. The van der Waals surface area contributed by atoms with Crippen molar-refractivity contribution < 1.29 is 0 Å². The maximum atomic E-state index is 5.74. The Morgan fingerprint density at radius 3 is 2.40 bits per heavy atom. The number of hydrogen-bond acceptors (Lipinski definition) is 3. The molecule has 1 heterocycles. The van der Waals surface area contributed by atoms with Crippen molar-refractivity contribution in [2.24, 2.45) is 0 Å². The van der Waals surface area contributed by atoms with Crippen LogP contribution < -0.4 is 10.6 Å². The number of nitrogens with two attached hydrogens (primary N) is 1. The van der Waals surface area contributed by atoms with Gasteiger partial charge in [0.15, 0.2) is 5.82 Å². The van der Waals surface area contributed by atoms with E-state index >= 15 is 0 Å². The molecule has 0 aliphatic carbocycles. The molecule has 0 unspecified atom stereocenters. The molecule has 0 saturated heterocycles. The van der Waals surface area contributed by atoms with Gasteiger partial charge in [-0.25, -0.2) is 0 Å². The average molecular weight is 161 g/mol. The molecular weight excluding hydrogens is 152 g/mol. The van der Waals surface area contributed by atoms with E-state index in [4.69, 9.17) is 17.3 Å². The summed E-state index contributed by atoms with van der Waals surface area (Å²) in [5, 5.41) is 6.91. The van der Waals surface area contributed by atoms with Crippen LogP contribution in [0.4, 0.5) is 11.6 Å². The third kappa shape index (κ3) is 1.02. The molecule has 0 saturated carbocycles. The van der Waals surface area contributed by atoms with Crippen molar-refractivity contribution >= 4 is 23.2 Å². The third-order valence-electron chi connectivity index (χ3n) is 1.14. The Balaban J connectivity index is 3.05. The normalized spacial score (nSPS) is 9.90. The smallest absolute Gasteiger partial charge is 0.170 e. The van der Waals surface area contributed by atoms with Gasteiger partial charge >= 0.3 is 0 Å². The largest absolute Gasteiger partial charge is 0.383 e. The Hall–Kier alpha value is -0.900. The SMILES string of the molecule is CN(C)c1n[nH]c(N)c1Cl. The lowest BCUT2D eigenvalue weighted by Gasteiger charge is -2.06. The van der Waals surface area contributed by atoms with Crippen molar-refractivity contribution in [2.45, 2.75) is 0 Å². The van der Waals surface area contributed by atoms with Crippen LogP contribution in [0.25, 0.3) is 0 Å². The van der Waals surface area contributed by atoms with Gasteiger partial charge in [0.2, 0.25) is 0 Å². The molecule has 10 heavy (non-hydrogen) atoms.